The summed E-state index contributed by atoms with van der Waals surface area (Å²) >= 11 is 0. The van der Waals surface area contributed by atoms with E-state index in [1.54, 1.807) is 0 Å². The van der Waals surface area contributed by atoms with Crippen molar-refractivity contribution in [3.05, 3.63) is 18.2 Å². The lowest BCUT2D eigenvalue weighted by Gasteiger charge is -2.18. The van der Waals surface area contributed by atoms with Gasteiger partial charge in [-0.1, -0.05) is 5.92 Å². The van der Waals surface area contributed by atoms with Crippen LogP contribution >= 0.6 is 0 Å². The monoisotopic (exact) mass is 313 g/mol. The summed E-state index contributed by atoms with van der Waals surface area (Å²) in [4.78, 5) is 10.6. The van der Waals surface area contributed by atoms with E-state index >= 15 is 0 Å². The van der Waals surface area contributed by atoms with Crippen LogP contribution in [-0.2, 0) is 14.8 Å². The molecule has 0 spiro atoms. The number of carboxylic acid groups (broad SMARTS) is 1. The van der Waals surface area contributed by atoms with Gasteiger partial charge in [-0.2, -0.15) is 4.31 Å². The Kier molecular flexibility index (Phi) is 5.58. The van der Waals surface area contributed by atoms with E-state index in [1.807, 2.05) is 0 Å². The van der Waals surface area contributed by atoms with Crippen LogP contribution in [0.4, 0.5) is 0 Å². The van der Waals surface area contributed by atoms with Gasteiger partial charge in [-0.25, -0.2) is 8.42 Å². The number of ether oxygens (including phenoxy) is 2. The first-order valence-electron chi connectivity index (χ1n) is 5.74. The maximum Gasteiger partial charge on any atom is 0.318 e. The Morgan fingerprint density at radius 1 is 1.33 bits per heavy atom. The third kappa shape index (κ3) is 3.87. The maximum absolute atomic E-state index is 12.4. The van der Waals surface area contributed by atoms with E-state index in [2.05, 4.69) is 5.92 Å². The number of aliphatic carboxylic acids is 1. The molecule has 1 aromatic rings. The second-order valence-corrected chi connectivity index (χ2v) is 5.83. The Labute approximate surface area is 123 Å². The summed E-state index contributed by atoms with van der Waals surface area (Å²) in [6.45, 7) is -1.07. The minimum absolute atomic E-state index is 0.128. The molecule has 1 aromatic carbocycles. The van der Waals surface area contributed by atoms with E-state index in [4.69, 9.17) is 21.0 Å². The molecule has 0 saturated heterocycles. The second kappa shape index (κ2) is 6.97. The first-order valence-corrected chi connectivity index (χ1v) is 7.18. The minimum atomic E-state index is -4.04. The van der Waals surface area contributed by atoms with Crippen LogP contribution in [0.1, 0.15) is 0 Å². The Morgan fingerprint density at radius 2 is 1.95 bits per heavy atom. The fourth-order valence-corrected chi connectivity index (χ4v) is 2.92. The molecule has 0 aromatic heterocycles. The zero-order chi connectivity index (χ0) is 16.0. The van der Waals surface area contributed by atoms with Crippen molar-refractivity contribution in [1.29, 1.82) is 0 Å². The van der Waals surface area contributed by atoms with E-state index < -0.39 is 22.5 Å². The molecule has 0 atom stereocenters. The summed E-state index contributed by atoms with van der Waals surface area (Å²) in [6, 6.07) is 3.96. The first kappa shape index (κ1) is 16.8. The third-order valence-corrected chi connectivity index (χ3v) is 4.36. The Hall–Kier alpha value is -2.24. The summed E-state index contributed by atoms with van der Waals surface area (Å²) in [5, 5.41) is 8.78. The van der Waals surface area contributed by atoms with Crippen molar-refractivity contribution >= 4 is 16.0 Å². The molecule has 0 amide bonds. The molecule has 0 bridgehead atoms. The molecule has 1 N–H and O–H groups in total. The molecule has 0 aliphatic heterocycles. The standard InChI is InChI=1S/C13H15NO6S/c1-4-7-14(9-13(15)16)21(17,18)10-5-6-11(19-2)12(8-10)20-3/h1,5-6,8H,7,9H2,2-3H3,(H,15,16). The highest BCUT2D eigenvalue weighted by Gasteiger charge is 2.27. The van der Waals surface area contributed by atoms with Gasteiger partial charge in [-0.15, -0.1) is 6.42 Å². The van der Waals surface area contributed by atoms with E-state index in [1.165, 1.54) is 32.4 Å². The molecule has 21 heavy (non-hydrogen) atoms. The van der Waals surface area contributed by atoms with Crippen LogP contribution in [-0.4, -0.2) is 51.1 Å². The van der Waals surface area contributed by atoms with Crippen molar-refractivity contribution in [3.8, 4) is 23.8 Å². The lowest BCUT2D eigenvalue weighted by Crippen LogP contribution is -2.36. The zero-order valence-electron chi connectivity index (χ0n) is 11.6. The number of benzene rings is 1. The molecule has 0 heterocycles. The fourth-order valence-electron chi connectivity index (χ4n) is 1.60. The van der Waals surface area contributed by atoms with Gasteiger partial charge < -0.3 is 14.6 Å². The highest BCUT2D eigenvalue weighted by Crippen LogP contribution is 2.30. The molecule has 0 fully saturated rings. The number of hydrogen-bond donors (Lipinski definition) is 1. The average Bonchev–Trinajstić information content (AvgIpc) is 2.45. The molecular weight excluding hydrogens is 298 g/mol. The molecular formula is C13H15NO6S. The molecule has 0 saturated carbocycles. The highest BCUT2D eigenvalue weighted by atomic mass is 32.2. The zero-order valence-corrected chi connectivity index (χ0v) is 12.4. The van der Waals surface area contributed by atoms with E-state index in [0.717, 1.165) is 0 Å². The van der Waals surface area contributed by atoms with Crippen molar-refractivity contribution in [1.82, 2.24) is 4.31 Å². The SMILES string of the molecule is C#CCN(CC(=O)O)S(=O)(=O)c1ccc(OC)c(OC)c1. The number of sulfonamides is 1. The van der Waals surface area contributed by atoms with Gasteiger partial charge in [-0.3, -0.25) is 4.79 Å². The van der Waals surface area contributed by atoms with E-state index in [9.17, 15) is 13.2 Å². The number of nitrogens with zero attached hydrogens (tertiary/aromatic N) is 1. The van der Waals surface area contributed by atoms with Crippen molar-refractivity contribution in [2.24, 2.45) is 0 Å². The van der Waals surface area contributed by atoms with Crippen molar-refractivity contribution in [2.45, 2.75) is 4.90 Å². The van der Waals surface area contributed by atoms with Crippen LogP contribution in [0.3, 0.4) is 0 Å². The molecule has 8 heteroatoms. The summed E-state index contributed by atoms with van der Waals surface area (Å²) in [5.74, 6) is 1.41. The van der Waals surface area contributed by atoms with Gasteiger partial charge in [0.25, 0.3) is 0 Å². The van der Waals surface area contributed by atoms with Crippen LogP contribution < -0.4 is 9.47 Å². The maximum atomic E-state index is 12.4. The fraction of sp³-hybridized carbons (Fsp3) is 0.308. The highest BCUT2D eigenvalue weighted by molar-refractivity contribution is 7.89. The van der Waals surface area contributed by atoms with Crippen LogP contribution in [0.5, 0.6) is 11.5 Å². The van der Waals surface area contributed by atoms with Gasteiger partial charge in [0.2, 0.25) is 10.0 Å². The molecule has 7 nitrogen and oxygen atoms in total. The van der Waals surface area contributed by atoms with E-state index in [-0.39, 0.29) is 17.2 Å². The van der Waals surface area contributed by atoms with Crippen LogP contribution in [0, 0.1) is 12.3 Å². The lowest BCUT2D eigenvalue weighted by molar-refractivity contribution is -0.137. The van der Waals surface area contributed by atoms with E-state index in [0.29, 0.717) is 10.1 Å². The van der Waals surface area contributed by atoms with Gasteiger partial charge in [0, 0.05) is 6.07 Å². The smallest absolute Gasteiger partial charge is 0.318 e. The summed E-state index contributed by atoms with van der Waals surface area (Å²) < 4.78 is 35.5. The van der Waals surface area contributed by atoms with Crippen LogP contribution in [0.25, 0.3) is 0 Å². The molecule has 0 aliphatic rings. The Bertz CT molecular complexity index is 662. The number of methoxy groups -OCH3 is 2. The predicted molar refractivity (Wildman–Crippen MR) is 74.8 cm³/mol. The topological polar surface area (TPSA) is 93.1 Å². The second-order valence-electron chi connectivity index (χ2n) is 3.89. The normalized spacial score (nSPS) is 11.0. The van der Waals surface area contributed by atoms with Crippen molar-refractivity contribution in [2.75, 3.05) is 27.3 Å². The molecule has 114 valence electrons. The van der Waals surface area contributed by atoms with Crippen molar-refractivity contribution < 1.29 is 27.8 Å². The molecule has 1 rings (SSSR count). The van der Waals surface area contributed by atoms with Gasteiger partial charge >= 0.3 is 5.97 Å². The number of rotatable bonds is 7. The lowest BCUT2D eigenvalue weighted by atomic mass is 10.3. The predicted octanol–water partition coefficient (Wildman–Crippen LogP) is 0.412. The molecule has 0 unspecified atom stereocenters. The third-order valence-electron chi connectivity index (χ3n) is 2.57. The number of carbonyl (C=O) groups is 1. The number of hydrogen-bond acceptors (Lipinski definition) is 5. The van der Waals surface area contributed by atoms with Crippen LogP contribution in [0.2, 0.25) is 0 Å². The Balaban J connectivity index is 3.28. The summed E-state index contributed by atoms with van der Waals surface area (Å²) in [6.07, 6.45) is 5.09. The van der Waals surface area contributed by atoms with Crippen molar-refractivity contribution in [3.63, 3.8) is 0 Å². The Morgan fingerprint density at radius 3 is 2.43 bits per heavy atom. The van der Waals surface area contributed by atoms with Gasteiger partial charge in [0.05, 0.1) is 25.7 Å². The number of terminal acetylenes is 1. The minimum Gasteiger partial charge on any atom is -0.493 e. The summed E-state index contributed by atoms with van der Waals surface area (Å²) in [7, 11) is -1.26. The number of carboxylic acids is 1. The van der Waals surface area contributed by atoms with Crippen LogP contribution in [0.15, 0.2) is 23.1 Å². The van der Waals surface area contributed by atoms with Gasteiger partial charge in [0.1, 0.15) is 6.54 Å². The van der Waals surface area contributed by atoms with Gasteiger partial charge in [0.15, 0.2) is 11.5 Å². The average molecular weight is 313 g/mol. The van der Waals surface area contributed by atoms with Gasteiger partial charge in [-0.05, 0) is 12.1 Å². The summed E-state index contributed by atoms with van der Waals surface area (Å²) in [5.41, 5.74) is 0. The largest absolute Gasteiger partial charge is 0.493 e. The quantitative estimate of drug-likeness (QED) is 0.733. The molecule has 0 aliphatic carbocycles. The first-order chi connectivity index (χ1) is 9.86. The molecule has 0 radical (unpaired) electrons.